The fourth-order valence-electron chi connectivity index (χ4n) is 3.27. The van der Waals surface area contributed by atoms with Gasteiger partial charge in [0.1, 0.15) is 12.4 Å². The lowest BCUT2D eigenvalue weighted by Crippen LogP contribution is -2.42. The van der Waals surface area contributed by atoms with Gasteiger partial charge in [0.25, 0.3) is 10.0 Å². The maximum absolute atomic E-state index is 12.8. The number of sulfonamides is 1. The Hall–Kier alpha value is -2.54. The molecule has 0 unspecified atom stereocenters. The molecule has 0 saturated heterocycles. The quantitative estimate of drug-likeness (QED) is 0.785. The van der Waals surface area contributed by atoms with Gasteiger partial charge >= 0.3 is 0 Å². The zero-order valence-electron chi connectivity index (χ0n) is 17.5. The van der Waals surface area contributed by atoms with Crippen molar-refractivity contribution in [2.75, 3.05) is 22.8 Å². The molecule has 0 radical (unpaired) electrons. The minimum atomic E-state index is -3.73. The highest BCUT2D eigenvalue weighted by Gasteiger charge is 2.37. The van der Waals surface area contributed by atoms with E-state index >= 15 is 0 Å². The standard InChI is InChI=1S/C22H28N2O4S/c1-6-24-19-12-9-17(13-20(19)28-14-22(4,5)21(24)25)23-29(26,27)18-10-7-16(8-11-18)15(2)3/h7-13,15,23H,6,14H2,1-5H3. The van der Waals surface area contributed by atoms with Crippen LogP contribution in [0.4, 0.5) is 11.4 Å². The van der Waals surface area contributed by atoms with Crippen molar-refractivity contribution in [2.24, 2.45) is 5.41 Å². The maximum atomic E-state index is 12.8. The molecule has 1 aliphatic rings. The number of nitrogens with one attached hydrogen (secondary N) is 1. The Morgan fingerprint density at radius 2 is 1.79 bits per heavy atom. The molecule has 7 heteroatoms. The maximum Gasteiger partial charge on any atom is 0.261 e. The molecule has 0 aromatic heterocycles. The number of benzene rings is 2. The minimum Gasteiger partial charge on any atom is -0.490 e. The molecule has 0 saturated carbocycles. The molecule has 0 fully saturated rings. The Bertz CT molecular complexity index is 1010. The van der Waals surface area contributed by atoms with Crippen LogP contribution >= 0.6 is 0 Å². The topological polar surface area (TPSA) is 75.7 Å². The van der Waals surface area contributed by atoms with Gasteiger partial charge in [0.15, 0.2) is 0 Å². The summed E-state index contributed by atoms with van der Waals surface area (Å²) in [4.78, 5) is 14.6. The lowest BCUT2D eigenvalue weighted by Gasteiger charge is -2.26. The number of carbonyl (C=O) groups excluding carboxylic acids is 1. The Balaban J connectivity index is 1.90. The molecular formula is C22H28N2O4S. The molecule has 0 spiro atoms. The molecule has 3 rings (SSSR count). The van der Waals surface area contributed by atoms with E-state index in [0.717, 1.165) is 5.56 Å². The number of hydrogen-bond acceptors (Lipinski definition) is 4. The van der Waals surface area contributed by atoms with Crippen LogP contribution in [0.5, 0.6) is 5.75 Å². The lowest BCUT2D eigenvalue weighted by atomic mass is 9.93. The van der Waals surface area contributed by atoms with Gasteiger partial charge in [-0.25, -0.2) is 8.42 Å². The summed E-state index contributed by atoms with van der Waals surface area (Å²) < 4.78 is 34.0. The molecule has 0 atom stereocenters. The lowest BCUT2D eigenvalue weighted by molar-refractivity contribution is -0.127. The molecule has 1 heterocycles. The number of ether oxygens (including phenoxy) is 1. The Morgan fingerprint density at radius 1 is 1.14 bits per heavy atom. The number of rotatable bonds is 5. The number of amides is 1. The summed E-state index contributed by atoms with van der Waals surface area (Å²) in [6.07, 6.45) is 0. The summed E-state index contributed by atoms with van der Waals surface area (Å²) in [6, 6.07) is 11.9. The molecule has 2 aromatic carbocycles. The zero-order chi connectivity index (χ0) is 21.4. The fraction of sp³-hybridized carbons (Fsp3) is 0.409. The number of fused-ring (bicyclic) bond motifs is 1. The van der Waals surface area contributed by atoms with Crippen LogP contribution in [-0.4, -0.2) is 27.5 Å². The summed E-state index contributed by atoms with van der Waals surface area (Å²) in [6.45, 7) is 10.4. The van der Waals surface area contributed by atoms with Crippen molar-refractivity contribution < 1.29 is 17.9 Å². The monoisotopic (exact) mass is 416 g/mol. The highest BCUT2D eigenvalue weighted by atomic mass is 32.2. The first-order valence-corrected chi connectivity index (χ1v) is 11.2. The largest absolute Gasteiger partial charge is 0.490 e. The Morgan fingerprint density at radius 3 is 2.38 bits per heavy atom. The van der Waals surface area contributed by atoms with Crippen LogP contribution in [-0.2, 0) is 14.8 Å². The predicted molar refractivity (Wildman–Crippen MR) is 115 cm³/mol. The van der Waals surface area contributed by atoms with Crippen molar-refractivity contribution >= 4 is 27.3 Å². The normalized spacial score (nSPS) is 16.2. The Labute approximate surface area is 172 Å². The molecule has 1 aliphatic heterocycles. The van der Waals surface area contributed by atoms with Crippen LogP contribution in [0.2, 0.25) is 0 Å². The van der Waals surface area contributed by atoms with E-state index in [-0.39, 0.29) is 17.4 Å². The van der Waals surface area contributed by atoms with Crippen molar-refractivity contribution in [1.29, 1.82) is 0 Å². The van der Waals surface area contributed by atoms with Crippen molar-refractivity contribution in [3.63, 3.8) is 0 Å². The number of carbonyl (C=O) groups is 1. The van der Waals surface area contributed by atoms with E-state index < -0.39 is 15.4 Å². The first-order valence-electron chi connectivity index (χ1n) is 9.77. The molecule has 0 aliphatic carbocycles. The fourth-order valence-corrected chi connectivity index (χ4v) is 4.32. The second-order valence-corrected chi connectivity index (χ2v) is 9.92. The van der Waals surface area contributed by atoms with E-state index in [1.807, 2.05) is 32.9 Å². The number of nitrogens with zero attached hydrogens (tertiary/aromatic N) is 1. The van der Waals surface area contributed by atoms with Gasteiger partial charge < -0.3 is 9.64 Å². The third-order valence-corrected chi connectivity index (χ3v) is 6.49. The summed E-state index contributed by atoms with van der Waals surface area (Å²) in [5.41, 5.74) is 1.45. The molecule has 1 amide bonds. The van der Waals surface area contributed by atoms with Crippen LogP contribution in [0.15, 0.2) is 47.4 Å². The SMILES string of the molecule is CCN1C(=O)C(C)(C)COc2cc(NS(=O)(=O)c3ccc(C(C)C)cc3)ccc21. The summed E-state index contributed by atoms with van der Waals surface area (Å²) in [5.74, 6) is 0.799. The molecular weight excluding hydrogens is 388 g/mol. The molecule has 156 valence electrons. The number of anilines is 2. The molecule has 1 N–H and O–H groups in total. The summed E-state index contributed by atoms with van der Waals surface area (Å²) >= 11 is 0. The summed E-state index contributed by atoms with van der Waals surface area (Å²) in [7, 11) is -3.73. The molecule has 2 aromatic rings. The van der Waals surface area contributed by atoms with Gasteiger partial charge in [0.05, 0.1) is 21.7 Å². The van der Waals surface area contributed by atoms with E-state index in [1.54, 1.807) is 35.2 Å². The average molecular weight is 417 g/mol. The predicted octanol–water partition coefficient (Wildman–Crippen LogP) is 4.38. The first kappa shape index (κ1) is 21.2. The molecule has 29 heavy (non-hydrogen) atoms. The highest BCUT2D eigenvalue weighted by molar-refractivity contribution is 7.92. The minimum absolute atomic E-state index is 0.0164. The van der Waals surface area contributed by atoms with Crippen LogP contribution < -0.4 is 14.4 Å². The Kier molecular flexibility index (Phi) is 5.63. The van der Waals surface area contributed by atoms with Crippen LogP contribution in [0, 0.1) is 5.41 Å². The van der Waals surface area contributed by atoms with Crippen LogP contribution in [0.25, 0.3) is 0 Å². The molecule has 6 nitrogen and oxygen atoms in total. The van der Waals surface area contributed by atoms with E-state index in [2.05, 4.69) is 18.6 Å². The number of hydrogen-bond donors (Lipinski definition) is 1. The van der Waals surface area contributed by atoms with E-state index in [1.165, 1.54) is 0 Å². The second-order valence-electron chi connectivity index (χ2n) is 8.23. The van der Waals surface area contributed by atoms with E-state index in [0.29, 0.717) is 29.6 Å². The van der Waals surface area contributed by atoms with Crippen molar-refractivity contribution in [3.05, 3.63) is 48.0 Å². The van der Waals surface area contributed by atoms with Gasteiger partial charge in [-0.05, 0) is 56.5 Å². The van der Waals surface area contributed by atoms with Gasteiger partial charge in [-0.1, -0.05) is 26.0 Å². The highest BCUT2D eigenvalue weighted by Crippen LogP contribution is 2.38. The average Bonchev–Trinajstić information content (AvgIpc) is 2.76. The smallest absolute Gasteiger partial charge is 0.261 e. The second kappa shape index (κ2) is 7.71. The third kappa shape index (κ3) is 4.24. The van der Waals surface area contributed by atoms with Crippen LogP contribution in [0.3, 0.4) is 0 Å². The van der Waals surface area contributed by atoms with Gasteiger partial charge in [-0.3, -0.25) is 9.52 Å². The van der Waals surface area contributed by atoms with E-state index in [4.69, 9.17) is 4.74 Å². The summed E-state index contributed by atoms with van der Waals surface area (Å²) in [5, 5.41) is 0. The van der Waals surface area contributed by atoms with Gasteiger partial charge in [0.2, 0.25) is 5.91 Å². The van der Waals surface area contributed by atoms with Gasteiger partial charge in [-0.15, -0.1) is 0 Å². The van der Waals surface area contributed by atoms with Gasteiger partial charge in [-0.2, -0.15) is 0 Å². The van der Waals surface area contributed by atoms with Crippen molar-refractivity contribution in [3.8, 4) is 5.75 Å². The molecule has 0 bridgehead atoms. The zero-order valence-corrected chi connectivity index (χ0v) is 18.3. The van der Waals surface area contributed by atoms with Gasteiger partial charge in [0, 0.05) is 12.6 Å². The first-order chi connectivity index (χ1) is 13.5. The van der Waals surface area contributed by atoms with Crippen molar-refractivity contribution in [2.45, 2.75) is 45.4 Å². The third-order valence-electron chi connectivity index (χ3n) is 5.09. The van der Waals surface area contributed by atoms with Crippen LogP contribution in [0.1, 0.15) is 46.1 Å². The van der Waals surface area contributed by atoms with E-state index in [9.17, 15) is 13.2 Å². The van der Waals surface area contributed by atoms with Crippen molar-refractivity contribution in [1.82, 2.24) is 0 Å².